The zero-order valence-electron chi connectivity index (χ0n) is 9.42. The van der Waals surface area contributed by atoms with Gasteiger partial charge in [0.2, 0.25) is 0 Å². The van der Waals surface area contributed by atoms with E-state index in [1.54, 1.807) is 7.11 Å². The van der Waals surface area contributed by atoms with Gasteiger partial charge in [-0.2, -0.15) is 5.26 Å². The number of methoxy groups -OCH3 is 1. The van der Waals surface area contributed by atoms with Crippen molar-refractivity contribution in [3.05, 3.63) is 28.3 Å². The Morgan fingerprint density at radius 2 is 2.13 bits per heavy atom. The second kappa shape index (κ2) is 3.58. The Morgan fingerprint density at radius 1 is 1.40 bits per heavy atom. The molecular formula is C13H15NO. The highest BCUT2D eigenvalue weighted by Gasteiger charge is 2.25. The van der Waals surface area contributed by atoms with Crippen LogP contribution in [0.2, 0.25) is 0 Å². The number of hydrogen-bond acceptors (Lipinski definition) is 2. The minimum atomic E-state index is 0.0631. The Bertz CT molecular complexity index is 443. The highest BCUT2D eigenvalue weighted by Crippen LogP contribution is 2.39. The fraction of sp³-hybridized carbons (Fsp3) is 0.462. The number of benzene rings is 1. The third-order valence-corrected chi connectivity index (χ3v) is 3.45. The molecule has 0 amide bonds. The van der Waals surface area contributed by atoms with Gasteiger partial charge in [0.05, 0.1) is 19.1 Å². The first-order chi connectivity index (χ1) is 7.19. The molecule has 0 heterocycles. The van der Waals surface area contributed by atoms with Crippen LogP contribution in [0, 0.1) is 25.2 Å². The Hall–Kier alpha value is -1.49. The summed E-state index contributed by atoms with van der Waals surface area (Å²) in [7, 11) is 1.69. The maximum Gasteiger partial charge on any atom is 0.122 e. The van der Waals surface area contributed by atoms with E-state index in [0.717, 1.165) is 18.6 Å². The molecular weight excluding hydrogens is 186 g/mol. The van der Waals surface area contributed by atoms with E-state index < -0.39 is 0 Å². The lowest BCUT2D eigenvalue weighted by molar-refractivity contribution is 0.410. The first kappa shape index (κ1) is 10.0. The molecule has 2 nitrogen and oxygen atoms in total. The molecule has 0 spiro atoms. The summed E-state index contributed by atoms with van der Waals surface area (Å²) in [5, 5.41) is 9.05. The van der Waals surface area contributed by atoms with Crippen LogP contribution in [-0.4, -0.2) is 7.11 Å². The summed E-state index contributed by atoms with van der Waals surface area (Å²) in [4.78, 5) is 0. The molecule has 0 radical (unpaired) electrons. The fourth-order valence-electron chi connectivity index (χ4n) is 2.40. The number of fused-ring (bicyclic) bond motifs is 1. The van der Waals surface area contributed by atoms with E-state index in [0.29, 0.717) is 0 Å². The van der Waals surface area contributed by atoms with Crippen LogP contribution in [-0.2, 0) is 6.42 Å². The van der Waals surface area contributed by atoms with Gasteiger partial charge < -0.3 is 4.74 Å². The number of ether oxygens (including phenoxy) is 1. The molecule has 1 unspecified atom stereocenters. The van der Waals surface area contributed by atoms with Gasteiger partial charge in [0.25, 0.3) is 0 Å². The molecule has 0 saturated carbocycles. The van der Waals surface area contributed by atoms with Gasteiger partial charge in [-0.25, -0.2) is 0 Å². The molecule has 1 aromatic carbocycles. The lowest BCUT2D eigenvalue weighted by Crippen LogP contribution is -1.97. The molecule has 1 atom stereocenters. The predicted octanol–water partition coefficient (Wildman–Crippen LogP) is 2.87. The van der Waals surface area contributed by atoms with Crippen LogP contribution >= 0.6 is 0 Å². The molecule has 78 valence electrons. The van der Waals surface area contributed by atoms with Gasteiger partial charge >= 0.3 is 0 Å². The molecule has 1 aromatic rings. The van der Waals surface area contributed by atoms with E-state index in [9.17, 15) is 0 Å². The lowest BCUT2D eigenvalue weighted by Gasteiger charge is -2.13. The van der Waals surface area contributed by atoms with Crippen LogP contribution in [0.15, 0.2) is 6.07 Å². The van der Waals surface area contributed by atoms with E-state index in [1.807, 2.05) is 6.07 Å². The van der Waals surface area contributed by atoms with Gasteiger partial charge in [0.15, 0.2) is 0 Å². The van der Waals surface area contributed by atoms with Crippen molar-refractivity contribution in [3.63, 3.8) is 0 Å². The summed E-state index contributed by atoms with van der Waals surface area (Å²) in [5.41, 5.74) is 5.04. The highest BCUT2D eigenvalue weighted by atomic mass is 16.5. The topological polar surface area (TPSA) is 33.0 Å². The zero-order chi connectivity index (χ0) is 11.0. The molecule has 15 heavy (non-hydrogen) atoms. The maximum atomic E-state index is 9.05. The largest absolute Gasteiger partial charge is 0.496 e. The van der Waals surface area contributed by atoms with Gasteiger partial charge in [-0.05, 0) is 55.0 Å². The average molecular weight is 201 g/mol. The van der Waals surface area contributed by atoms with Crippen LogP contribution in [0.3, 0.4) is 0 Å². The summed E-state index contributed by atoms with van der Waals surface area (Å²) in [5.74, 6) is 0.974. The van der Waals surface area contributed by atoms with Crippen molar-refractivity contribution in [1.29, 1.82) is 5.26 Å². The van der Waals surface area contributed by atoms with Crippen molar-refractivity contribution in [2.45, 2.75) is 32.6 Å². The second-order valence-corrected chi connectivity index (χ2v) is 4.12. The first-order valence-electron chi connectivity index (χ1n) is 5.25. The van der Waals surface area contributed by atoms with Gasteiger partial charge in [0.1, 0.15) is 5.75 Å². The number of hydrogen-bond donors (Lipinski definition) is 0. The third kappa shape index (κ3) is 1.39. The number of nitriles is 1. The van der Waals surface area contributed by atoms with Gasteiger partial charge in [-0.15, -0.1) is 0 Å². The first-order valence-corrected chi connectivity index (χ1v) is 5.25. The van der Waals surface area contributed by atoms with Crippen LogP contribution in [0.1, 0.15) is 34.6 Å². The van der Waals surface area contributed by atoms with E-state index in [4.69, 9.17) is 10.00 Å². The van der Waals surface area contributed by atoms with Crippen LogP contribution < -0.4 is 4.74 Å². The van der Waals surface area contributed by atoms with Crippen molar-refractivity contribution in [2.75, 3.05) is 7.11 Å². The molecule has 0 N–H and O–H groups in total. The van der Waals surface area contributed by atoms with Crippen molar-refractivity contribution in [3.8, 4) is 11.8 Å². The van der Waals surface area contributed by atoms with Crippen molar-refractivity contribution < 1.29 is 4.74 Å². The Balaban J connectivity index is 2.63. The molecule has 2 heteroatoms. The maximum absolute atomic E-state index is 9.05. The standard InChI is InChI=1S/C13H15NO/c1-8-9(2)13(15-3)6-12-10(7-14)4-5-11(8)12/h6,10H,4-5H2,1-3H3. The van der Waals surface area contributed by atoms with Crippen LogP contribution in [0.4, 0.5) is 0 Å². The van der Waals surface area contributed by atoms with Gasteiger partial charge in [-0.3, -0.25) is 0 Å². The van der Waals surface area contributed by atoms with E-state index in [1.165, 1.54) is 22.3 Å². The van der Waals surface area contributed by atoms with Crippen molar-refractivity contribution in [2.24, 2.45) is 0 Å². The summed E-state index contributed by atoms with van der Waals surface area (Å²) in [6.45, 7) is 4.20. The van der Waals surface area contributed by atoms with Crippen molar-refractivity contribution in [1.82, 2.24) is 0 Å². The molecule has 0 saturated heterocycles. The summed E-state index contributed by atoms with van der Waals surface area (Å²) >= 11 is 0. The van der Waals surface area contributed by atoms with Crippen LogP contribution in [0.5, 0.6) is 5.75 Å². The predicted molar refractivity (Wildman–Crippen MR) is 59.1 cm³/mol. The zero-order valence-corrected chi connectivity index (χ0v) is 9.42. The van der Waals surface area contributed by atoms with E-state index in [2.05, 4.69) is 19.9 Å². The lowest BCUT2D eigenvalue weighted by atomic mass is 9.96. The SMILES string of the molecule is COc1cc2c(c(C)c1C)CCC2C#N. The smallest absolute Gasteiger partial charge is 0.122 e. The normalized spacial score (nSPS) is 18.4. The van der Waals surface area contributed by atoms with E-state index in [-0.39, 0.29) is 5.92 Å². The van der Waals surface area contributed by atoms with E-state index >= 15 is 0 Å². The average Bonchev–Trinajstić information content (AvgIpc) is 2.66. The fourth-order valence-corrected chi connectivity index (χ4v) is 2.40. The monoisotopic (exact) mass is 201 g/mol. The number of rotatable bonds is 1. The number of nitrogens with zero attached hydrogens (tertiary/aromatic N) is 1. The summed E-state index contributed by atoms with van der Waals surface area (Å²) < 4.78 is 5.33. The van der Waals surface area contributed by atoms with Crippen LogP contribution in [0.25, 0.3) is 0 Å². The molecule has 0 fully saturated rings. The highest BCUT2D eigenvalue weighted by molar-refractivity contribution is 5.53. The minimum absolute atomic E-state index is 0.0631. The summed E-state index contributed by atoms with van der Waals surface area (Å²) in [6.07, 6.45) is 1.99. The van der Waals surface area contributed by atoms with Gasteiger partial charge in [-0.1, -0.05) is 0 Å². The Labute approximate surface area is 90.5 Å². The summed E-state index contributed by atoms with van der Waals surface area (Å²) in [6, 6.07) is 4.40. The molecule has 2 rings (SSSR count). The Morgan fingerprint density at radius 3 is 2.73 bits per heavy atom. The molecule has 1 aliphatic rings. The second-order valence-electron chi connectivity index (χ2n) is 4.12. The molecule has 0 aromatic heterocycles. The minimum Gasteiger partial charge on any atom is -0.496 e. The quantitative estimate of drug-likeness (QED) is 0.700. The molecule has 1 aliphatic carbocycles. The molecule has 0 bridgehead atoms. The van der Waals surface area contributed by atoms with Gasteiger partial charge in [0, 0.05) is 0 Å². The molecule has 0 aliphatic heterocycles. The Kier molecular flexibility index (Phi) is 2.40. The van der Waals surface area contributed by atoms with Crippen molar-refractivity contribution >= 4 is 0 Å². The third-order valence-electron chi connectivity index (χ3n) is 3.45.